The lowest BCUT2D eigenvalue weighted by Crippen LogP contribution is -2.39. The van der Waals surface area contributed by atoms with Gasteiger partial charge < -0.3 is 0 Å². The van der Waals surface area contributed by atoms with Crippen LogP contribution in [0.5, 0.6) is 0 Å². The summed E-state index contributed by atoms with van der Waals surface area (Å²) < 4.78 is 39.3. The van der Waals surface area contributed by atoms with Crippen LogP contribution in [0.15, 0.2) is 12.1 Å². The molecule has 0 aromatic heterocycles. The van der Waals surface area contributed by atoms with E-state index in [0.717, 1.165) is 25.5 Å². The van der Waals surface area contributed by atoms with E-state index < -0.39 is 17.5 Å². The molecule has 0 amide bonds. The van der Waals surface area contributed by atoms with E-state index >= 15 is 0 Å². The molecule has 5 heteroatoms. The molecule has 1 fully saturated rings. The number of piperidine rings is 1. The van der Waals surface area contributed by atoms with Crippen LogP contribution in [0.3, 0.4) is 0 Å². The van der Waals surface area contributed by atoms with E-state index in [2.05, 4.69) is 0 Å². The Morgan fingerprint density at radius 3 is 2.50 bits per heavy atom. The summed E-state index contributed by atoms with van der Waals surface area (Å²) in [5, 5.41) is 1.58. The molecule has 0 aliphatic carbocycles. The van der Waals surface area contributed by atoms with Crippen LogP contribution in [0.25, 0.3) is 0 Å². The van der Waals surface area contributed by atoms with E-state index in [-0.39, 0.29) is 11.5 Å². The van der Waals surface area contributed by atoms with Crippen LogP contribution in [0.4, 0.5) is 13.2 Å². The number of benzene rings is 1. The van der Waals surface area contributed by atoms with Gasteiger partial charge in [0.05, 0.1) is 0 Å². The number of hydrogen-bond donors (Lipinski definition) is 1. The quantitative estimate of drug-likeness (QED) is 0.591. The number of nitrogens with zero attached hydrogens (tertiary/aromatic N) is 1. The van der Waals surface area contributed by atoms with E-state index in [4.69, 9.17) is 5.84 Å². The topological polar surface area (TPSA) is 29.3 Å². The summed E-state index contributed by atoms with van der Waals surface area (Å²) in [6.07, 6.45) is 1.58. The Balaban J connectivity index is 2.29. The molecule has 2 rings (SSSR count). The second-order valence-electron chi connectivity index (χ2n) is 4.12. The lowest BCUT2D eigenvalue weighted by atomic mass is 9.91. The maximum Gasteiger partial charge on any atom is 0.161 e. The van der Waals surface area contributed by atoms with Crippen LogP contribution < -0.4 is 5.84 Å². The lowest BCUT2D eigenvalue weighted by Gasteiger charge is -2.29. The van der Waals surface area contributed by atoms with Gasteiger partial charge >= 0.3 is 0 Å². The lowest BCUT2D eigenvalue weighted by molar-refractivity contribution is 0.210. The molecule has 1 unspecified atom stereocenters. The Morgan fingerprint density at radius 1 is 1.12 bits per heavy atom. The Morgan fingerprint density at radius 2 is 1.81 bits per heavy atom. The van der Waals surface area contributed by atoms with Crippen molar-refractivity contribution in [2.75, 3.05) is 13.1 Å². The molecule has 88 valence electrons. The van der Waals surface area contributed by atoms with Crippen molar-refractivity contribution in [3.8, 4) is 0 Å². The van der Waals surface area contributed by atoms with Crippen molar-refractivity contribution < 1.29 is 13.2 Å². The summed E-state index contributed by atoms with van der Waals surface area (Å²) in [5.74, 6) is 2.61. The Bertz CT molecular complexity index is 395. The first-order valence-electron chi connectivity index (χ1n) is 5.22. The van der Waals surface area contributed by atoms with E-state index in [1.54, 1.807) is 5.01 Å². The van der Waals surface area contributed by atoms with Crippen molar-refractivity contribution in [2.45, 2.75) is 18.8 Å². The molecule has 1 aliphatic rings. The fourth-order valence-corrected chi connectivity index (χ4v) is 2.11. The van der Waals surface area contributed by atoms with E-state index in [1.807, 2.05) is 0 Å². The average molecular weight is 230 g/mol. The van der Waals surface area contributed by atoms with Crippen LogP contribution in [-0.2, 0) is 0 Å². The third-order valence-electron chi connectivity index (χ3n) is 2.93. The number of rotatable bonds is 1. The average Bonchev–Trinajstić information content (AvgIpc) is 2.23. The van der Waals surface area contributed by atoms with Crippen molar-refractivity contribution in [3.05, 3.63) is 35.1 Å². The van der Waals surface area contributed by atoms with Gasteiger partial charge in [0.2, 0.25) is 0 Å². The first kappa shape index (κ1) is 11.4. The van der Waals surface area contributed by atoms with Crippen molar-refractivity contribution >= 4 is 0 Å². The standard InChI is InChI=1S/C11H13F3N2/c12-9-5-11(14)10(13)4-8(9)7-2-1-3-16(15)6-7/h4-5,7H,1-3,6,15H2. The Kier molecular flexibility index (Phi) is 3.16. The smallest absolute Gasteiger partial charge is 0.161 e. The summed E-state index contributed by atoms with van der Waals surface area (Å²) in [6.45, 7) is 1.23. The monoisotopic (exact) mass is 230 g/mol. The number of nitrogens with two attached hydrogens (primary N) is 1. The molecular weight excluding hydrogens is 217 g/mol. The molecule has 1 aliphatic heterocycles. The van der Waals surface area contributed by atoms with Gasteiger partial charge in [0, 0.05) is 25.1 Å². The Hall–Kier alpha value is -1.07. The molecule has 1 saturated heterocycles. The van der Waals surface area contributed by atoms with Gasteiger partial charge in [0.1, 0.15) is 5.82 Å². The minimum Gasteiger partial charge on any atom is -0.269 e. The zero-order valence-electron chi connectivity index (χ0n) is 8.72. The van der Waals surface area contributed by atoms with Gasteiger partial charge in [0.15, 0.2) is 11.6 Å². The predicted molar refractivity (Wildman–Crippen MR) is 54.1 cm³/mol. The molecule has 2 nitrogen and oxygen atoms in total. The maximum atomic E-state index is 13.5. The zero-order chi connectivity index (χ0) is 11.7. The molecule has 1 atom stereocenters. The SMILES string of the molecule is NN1CCCC(c2cc(F)c(F)cc2F)C1. The third kappa shape index (κ3) is 2.20. The third-order valence-corrected chi connectivity index (χ3v) is 2.93. The first-order valence-corrected chi connectivity index (χ1v) is 5.22. The molecule has 0 saturated carbocycles. The summed E-state index contributed by atoms with van der Waals surface area (Å²) >= 11 is 0. The van der Waals surface area contributed by atoms with Gasteiger partial charge in [-0.25, -0.2) is 18.2 Å². The highest BCUT2D eigenvalue weighted by Crippen LogP contribution is 2.28. The second-order valence-corrected chi connectivity index (χ2v) is 4.12. The highest BCUT2D eigenvalue weighted by molar-refractivity contribution is 5.24. The largest absolute Gasteiger partial charge is 0.269 e. The van der Waals surface area contributed by atoms with Crippen LogP contribution in [0, 0.1) is 17.5 Å². The zero-order valence-corrected chi connectivity index (χ0v) is 8.72. The molecule has 1 heterocycles. The molecule has 0 spiro atoms. The molecule has 2 N–H and O–H groups in total. The van der Waals surface area contributed by atoms with E-state index in [0.29, 0.717) is 12.6 Å². The summed E-state index contributed by atoms with van der Waals surface area (Å²) in [6, 6.07) is 1.54. The molecule has 16 heavy (non-hydrogen) atoms. The van der Waals surface area contributed by atoms with Crippen LogP contribution in [-0.4, -0.2) is 18.1 Å². The fraction of sp³-hybridized carbons (Fsp3) is 0.455. The van der Waals surface area contributed by atoms with E-state index in [1.165, 1.54) is 0 Å². The minimum atomic E-state index is -1.15. The first-order chi connectivity index (χ1) is 7.58. The van der Waals surface area contributed by atoms with Gasteiger partial charge in [-0.2, -0.15) is 0 Å². The predicted octanol–water partition coefficient (Wildman–Crippen LogP) is 2.16. The van der Waals surface area contributed by atoms with E-state index in [9.17, 15) is 13.2 Å². The normalized spacial score (nSPS) is 22.4. The van der Waals surface area contributed by atoms with Crippen LogP contribution in [0.1, 0.15) is 24.3 Å². The van der Waals surface area contributed by atoms with Gasteiger partial charge in [-0.05, 0) is 24.5 Å². The van der Waals surface area contributed by atoms with Crippen LogP contribution >= 0.6 is 0 Å². The van der Waals surface area contributed by atoms with Gasteiger partial charge in [-0.3, -0.25) is 5.84 Å². The highest BCUT2D eigenvalue weighted by Gasteiger charge is 2.23. The number of hydrogen-bond acceptors (Lipinski definition) is 2. The fourth-order valence-electron chi connectivity index (χ4n) is 2.11. The maximum absolute atomic E-state index is 13.5. The molecular formula is C11H13F3N2. The van der Waals surface area contributed by atoms with Crippen molar-refractivity contribution in [2.24, 2.45) is 5.84 Å². The minimum absolute atomic E-state index is 0.158. The number of hydrazine groups is 1. The van der Waals surface area contributed by atoms with Crippen molar-refractivity contribution in [1.29, 1.82) is 0 Å². The summed E-state index contributed by atoms with van der Waals surface area (Å²) in [4.78, 5) is 0. The summed E-state index contributed by atoms with van der Waals surface area (Å²) in [5.41, 5.74) is 0.217. The molecule has 0 radical (unpaired) electrons. The second kappa shape index (κ2) is 4.43. The van der Waals surface area contributed by atoms with Crippen molar-refractivity contribution in [3.63, 3.8) is 0 Å². The summed E-state index contributed by atoms with van der Waals surface area (Å²) in [7, 11) is 0. The van der Waals surface area contributed by atoms with Gasteiger partial charge in [0.25, 0.3) is 0 Å². The molecule has 1 aromatic carbocycles. The van der Waals surface area contributed by atoms with Gasteiger partial charge in [-0.1, -0.05) is 0 Å². The van der Waals surface area contributed by atoms with Crippen LogP contribution in [0.2, 0.25) is 0 Å². The highest BCUT2D eigenvalue weighted by atomic mass is 19.2. The Labute approximate surface area is 91.8 Å². The molecule has 1 aromatic rings. The number of halogens is 3. The van der Waals surface area contributed by atoms with Gasteiger partial charge in [-0.15, -0.1) is 0 Å². The molecule has 0 bridgehead atoms. The van der Waals surface area contributed by atoms with Crippen molar-refractivity contribution in [1.82, 2.24) is 5.01 Å².